The zero-order chi connectivity index (χ0) is 21.2. The van der Waals surface area contributed by atoms with Gasteiger partial charge in [-0.25, -0.2) is 0 Å². The number of benzene rings is 1. The van der Waals surface area contributed by atoms with Crippen LogP contribution in [0.4, 0.5) is 13.2 Å². The second-order valence-corrected chi connectivity index (χ2v) is 8.53. The fourth-order valence-electron chi connectivity index (χ4n) is 3.68. The van der Waals surface area contributed by atoms with Gasteiger partial charge in [-0.05, 0) is 44.2 Å². The van der Waals surface area contributed by atoms with Crippen LogP contribution < -0.4 is 15.8 Å². The summed E-state index contributed by atoms with van der Waals surface area (Å²) in [4.78, 5) is 26.8. The van der Waals surface area contributed by atoms with Crippen molar-refractivity contribution in [3.8, 4) is 5.75 Å². The first-order chi connectivity index (χ1) is 13.6. The fourth-order valence-corrected chi connectivity index (χ4v) is 4.02. The summed E-state index contributed by atoms with van der Waals surface area (Å²) < 4.78 is 42.3. The highest BCUT2D eigenvalue weighted by Gasteiger charge is 2.44. The predicted octanol–water partition coefficient (Wildman–Crippen LogP) is 3.08. The van der Waals surface area contributed by atoms with Gasteiger partial charge < -0.3 is 20.7 Å². The maximum absolute atomic E-state index is 12.6. The fraction of sp³-hybridized carbons (Fsp3) is 0.579. The molecule has 3 N–H and O–H groups in total. The molecule has 1 aromatic carbocycles. The number of nitrogens with two attached hydrogens (primary N) is 1. The van der Waals surface area contributed by atoms with Crippen LogP contribution in [0, 0.1) is 5.92 Å². The van der Waals surface area contributed by atoms with Crippen molar-refractivity contribution < 1.29 is 27.5 Å². The number of alkyl halides is 3. The van der Waals surface area contributed by atoms with Gasteiger partial charge in [-0.3, -0.25) is 9.59 Å². The summed E-state index contributed by atoms with van der Waals surface area (Å²) in [6.45, 7) is 0.733. The number of likely N-dealkylation sites (tertiary alicyclic amines) is 1. The summed E-state index contributed by atoms with van der Waals surface area (Å²) in [6, 6.07) is 4.23. The molecule has 0 aromatic heterocycles. The van der Waals surface area contributed by atoms with Crippen LogP contribution in [-0.4, -0.2) is 41.7 Å². The van der Waals surface area contributed by atoms with Crippen LogP contribution >= 0.6 is 15.9 Å². The monoisotopic (exact) mass is 477 g/mol. The smallest absolute Gasteiger partial charge is 0.405 e. The molecule has 1 saturated carbocycles. The third-order valence-electron chi connectivity index (χ3n) is 5.46. The van der Waals surface area contributed by atoms with Gasteiger partial charge in [0.25, 0.3) is 0 Å². The lowest BCUT2D eigenvalue weighted by molar-refractivity contribution is -0.274. The first-order valence-electron chi connectivity index (χ1n) is 9.47. The minimum absolute atomic E-state index is 0.108. The molecule has 0 bridgehead atoms. The van der Waals surface area contributed by atoms with Crippen molar-refractivity contribution in [3.63, 3.8) is 0 Å². The van der Waals surface area contributed by atoms with E-state index in [0.717, 1.165) is 6.42 Å². The number of piperidine rings is 1. The Morgan fingerprint density at radius 1 is 1.31 bits per heavy atom. The van der Waals surface area contributed by atoms with Gasteiger partial charge in [0.15, 0.2) is 0 Å². The quantitative estimate of drug-likeness (QED) is 0.682. The highest BCUT2D eigenvalue weighted by molar-refractivity contribution is 9.10. The molecule has 3 rings (SSSR count). The van der Waals surface area contributed by atoms with E-state index in [1.165, 1.54) is 12.1 Å². The number of rotatable bonds is 5. The Morgan fingerprint density at radius 3 is 2.66 bits per heavy atom. The number of ether oxygens (including phenoxy) is 1. The molecule has 10 heteroatoms. The molecule has 1 aliphatic carbocycles. The highest BCUT2D eigenvalue weighted by Crippen LogP contribution is 2.33. The third kappa shape index (κ3) is 5.42. The number of carbonyl (C=O) groups excluding carboxylic acids is 2. The Kier molecular flexibility index (Phi) is 6.42. The van der Waals surface area contributed by atoms with E-state index in [0.29, 0.717) is 36.7 Å². The van der Waals surface area contributed by atoms with Crippen LogP contribution in [0.2, 0.25) is 0 Å². The van der Waals surface area contributed by atoms with Crippen molar-refractivity contribution in [3.05, 3.63) is 28.2 Å². The summed E-state index contributed by atoms with van der Waals surface area (Å²) in [5.74, 6) is -1.21. The molecule has 1 atom stereocenters. The first kappa shape index (κ1) is 21.9. The van der Waals surface area contributed by atoms with E-state index in [-0.39, 0.29) is 36.2 Å². The van der Waals surface area contributed by atoms with Gasteiger partial charge in [-0.15, -0.1) is 13.2 Å². The molecule has 1 heterocycles. The molecule has 160 valence electrons. The van der Waals surface area contributed by atoms with Crippen molar-refractivity contribution in [1.82, 2.24) is 10.2 Å². The molecule has 0 unspecified atom stereocenters. The Labute approximate surface area is 175 Å². The van der Waals surface area contributed by atoms with Gasteiger partial charge in [-0.2, -0.15) is 0 Å². The zero-order valence-electron chi connectivity index (χ0n) is 15.7. The second kappa shape index (κ2) is 8.51. The number of carbonyl (C=O) groups is 2. The Balaban J connectivity index is 1.60. The number of halogens is 4. The molecule has 2 amide bonds. The molecular weight excluding hydrogens is 455 g/mol. The Bertz CT molecular complexity index is 784. The topological polar surface area (TPSA) is 84.7 Å². The summed E-state index contributed by atoms with van der Waals surface area (Å²) in [7, 11) is 0. The molecule has 2 aliphatic rings. The van der Waals surface area contributed by atoms with Crippen LogP contribution in [0.15, 0.2) is 22.7 Å². The van der Waals surface area contributed by atoms with Gasteiger partial charge in [-0.1, -0.05) is 22.0 Å². The van der Waals surface area contributed by atoms with Gasteiger partial charge in [0, 0.05) is 29.7 Å². The molecule has 0 radical (unpaired) electrons. The standard InChI is InChI=1S/C19H23BrF3N3O3/c20-14-5-4-12(15(9-14)29-19(21,22)23)10-25-16(27)13-3-1-8-26(11-13)17(28)18(24)6-2-7-18/h4-5,9,13H,1-3,6-8,10-11,24H2,(H,25,27)/t13-/m1/s1. The van der Waals surface area contributed by atoms with E-state index in [1.807, 2.05) is 0 Å². The van der Waals surface area contributed by atoms with Gasteiger partial charge in [0.05, 0.1) is 11.5 Å². The van der Waals surface area contributed by atoms with Gasteiger partial charge in [0.2, 0.25) is 11.8 Å². The number of hydrogen-bond donors (Lipinski definition) is 2. The molecule has 1 aromatic rings. The van der Waals surface area contributed by atoms with Crippen LogP contribution in [-0.2, 0) is 16.1 Å². The molecule has 29 heavy (non-hydrogen) atoms. The summed E-state index contributed by atoms with van der Waals surface area (Å²) in [5, 5.41) is 2.67. The van der Waals surface area contributed by atoms with E-state index in [4.69, 9.17) is 5.73 Å². The molecule has 1 saturated heterocycles. The van der Waals surface area contributed by atoms with Crippen LogP contribution in [0.25, 0.3) is 0 Å². The average Bonchev–Trinajstić information content (AvgIpc) is 2.63. The number of nitrogens with zero attached hydrogens (tertiary/aromatic N) is 1. The van der Waals surface area contributed by atoms with E-state index < -0.39 is 17.8 Å². The second-order valence-electron chi connectivity index (χ2n) is 7.62. The van der Waals surface area contributed by atoms with Crippen LogP contribution in [0.3, 0.4) is 0 Å². The third-order valence-corrected chi connectivity index (χ3v) is 5.95. The predicted molar refractivity (Wildman–Crippen MR) is 103 cm³/mol. The van der Waals surface area contributed by atoms with Crippen molar-refractivity contribution in [2.75, 3.05) is 13.1 Å². The minimum atomic E-state index is -4.83. The maximum Gasteiger partial charge on any atom is 0.573 e. The summed E-state index contributed by atoms with van der Waals surface area (Å²) in [6.07, 6.45) is -1.30. The molecule has 1 aliphatic heterocycles. The molecule has 2 fully saturated rings. The molecular formula is C19H23BrF3N3O3. The number of hydrogen-bond acceptors (Lipinski definition) is 4. The first-order valence-corrected chi connectivity index (χ1v) is 10.3. The van der Waals surface area contributed by atoms with Gasteiger partial charge in [0.1, 0.15) is 5.75 Å². The lowest BCUT2D eigenvalue weighted by Crippen LogP contribution is -2.61. The largest absolute Gasteiger partial charge is 0.573 e. The van der Waals surface area contributed by atoms with Crippen molar-refractivity contribution in [2.24, 2.45) is 11.7 Å². The molecule has 6 nitrogen and oxygen atoms in total. The highest BCUT2D eigenvalue weighted by atomic mass is 79.9. The van der Waals surface area contributed by atoms with Gasteiger partial charge >= 0.3 is 6.36 Å². The number of amides is 2. The van der Waals surface area contributed by atoms with Crippen molar-refractivity contribution >= 4 is 27.7 Å². The summed E-state index contributed by atoms with van der Waals surface area (Å²) >= 11 is 3.11. The average molecular weight is 478 g/mol. The SMILES string of the molecule is NC1(C(=O)N2CCC[C@@H](C(=O)NCc3ccc(Br)cc3OC(F)(F)F)C2)CCC1. The van der Waals surface area contributed by atoms with E-state index in [9.17, 15) is 22.8 Å². The Hall–Kier alpha value is -1.81. The Morgan fingerprint density at radius 2 is 2.03 bits per heavy atom. The lowest BCUT2D eigenvalue weighted by atomic mass is 9.76. The molecule has 0 spiro atoms. The number of nitrogens with one attached hydrogen (secondary N) is 1. The summed E-state index contributed by atoms with van der Waals surface area (Å²) in [5.41, 5.74) is 5.51. The zero-order valence-corrected chi connectivity index (χ0v) is 17.3. The minimum Gasteiger partial charge on any atom is -0.405 e. The van der Waals surface area contributed by atoms with Crippen LogP contribution in [0.5, 0.6) is 5.75 Å². The van der Waals surface area contributed by atoms with Crippen molar-refractivity contribution in [2.45, 2.75) is 50.6 Å². The normalized spacial score (nSPS) is 21.3. The van der Waals surface area contributed by atoms with Crippen LogP contribution in [0.1, 0.15) is 37.7 Å². The van der Waals surface area contributed by atoms with E-state index in [1.54, 1.807) is 11.0 Å². The van der Waals surface area contributed by atoms with Crippen molar-refractivity contribution in [1.29, 1.82) is 0 Å². The maximum atomic E-state index is 12.6. The van der Waals surface area contributed by atoms with E-state index in [2.05, 4.69) is 26.0 Å². The lowest BCUT2D eigenvalue weighted by Gasteiger charge is -2.42. The van der Waals surface area contributed by atoms with E-state index >= 15 is 0 Å².